The molecule has 0 aliphatic carbocycles. The van der Waals surface area contributed by atoms with E-state index in [0.717, 1.165) is 16.8 Å². The number of hydrogen-bond acceptors (Lipinski definition) is 3. The van der Waals surface area contributed by atoms with Gasteiger partial charge >= 0.3 is 0 Å². The van der Waals surface area contributed by atoms with Crippen LogP contribution in [0.3, 0.4) is 0 Å². The summed E-state index contributed by atoms with van der Waals surface area (Å²) in [5.74, 6) is 0.364. The number of carbonyl (C=O) groups is 1. The van der Waals surface area contributed by atoms with E-state index in [0.29, 0.717) is 41.0 Å². The normalized spacial score (nSPS) is 15.9. The van der Waals surface area contributed by atoms with Crippen molar-refractivity contribution in [2.45, 2.75) is 39.3 Å². The van der Waals surface area contributed by atoms with E-state index in [1.807, 2.05) is 49.1 Å². The zero-order chi connectivity index (χ0) is 21.0. The van der Waals surface area contributed by atoms with Crippen molar-refractivity contribution < 1.29 is 9.63 Å². The van der Waals surface area contributed by atoms with Crippen LogP contribution in [0.4, 0.5) is 0 Å². The summed E-state index contributed by atoms with van der Waals surface area (Å²) >= 11 is 18.2. The number of rotatable bonds is 7. The van der Waals surface area contributed by atoms with Crippen LogP contribution in [0, 0.1) is 5.92 Å². The first-order valence-electron chi connectivity index (χ1n) is 9.52. The molecule has 1 aliphatic rings. The molecule has 1 atom stereocenters. The minimum atomic E-state index is -0.213. The zero-order valence-electron chi connectivity index (χ0n) is 16.4. The number of nitrogens with zero attached hydrogens (tertiary/aromatic N) is 2. The number of hydrogen-bond donors (Lipinski definition) is 0. The zero-order valence-corrected chi connectivity index (χ0v) is 18.6. The smallest absolute Gasteiger partial charge is 0.223 e. The second kappa shape index (κ2) is 9.84. The molecule has 0 aromatic heterocycles. The van der Waals surface area contributed by atoms with E-state index >= 15 is 0 Å². The number of carbonyl (C=O) groups excluding carboxylic acids is 1. The number of halogens is 3. The van der Waals surface area contributed by atoms with Crippen LogP contribution in [0.15, 0.2) is 47.6 Å². The lowest BCUT2D eigenvalue weighted by Crippen LogP contribution is -2.37. The fourth-order valence-corrected chi connectivity index (χ4v) is 3.72. The highest BCUT2D eigenvalue weighted by molar-refractivity contribution is 6.42. The maximum Gasteiger partial charge on any atom is 0.223 e. The third kappa shape index (κ3) is 6.11. The predicted molar refractivity (Wildman–Crippen MR) is 119 cm³/mol. The first-order chi connectivity index (χ1) is 13.8. The third-order valence-electron chi connectivity index (χ3n) is 4.61. The molecule has 3 rings (SSSR count). The van der Waals surface area contributed by atoms with E-state index in [4.69, 9.17) is 39.6 Å². The summed E-state index contributed by atoms with van der Waals surface area (Å²) in [5.41, 5.74) is 2.66. The van der Waals surface area contributed by atoms with Crippen molar-refractivity contribution in [1.82, 2.24) is 4.90 Å². The lowest BCUT2D eigenvalue weighted by molar-refractivity contribution is -0.134. The van der Waals surface area contributed by atoms with Gasteiger partial charge in [0.05, 0.1) is 22.3 Å². The van der Waals surface area contributed by atoms with Gasteiger partial charge in [-0.3, -0.25) is 4.79 Å². The average Bonchev–Trinajstić information content (AvgIpc) is 3.11. The fraction of sp³-hybridized carbons (Fsp3) is 0.364. The van der Waals surface area contributed by atoms with Crippen LogP contribution in [-0.2, 0) is 16.2 Å². The van der Waals surface area contributed by atoms with Gasteiger partial charge in [-0.15, -0.1) is 0 Å². The van der Waals surface area contributed by atoms with Crippen LogP contribution in [0.5, 0.6) is 0 Å². The van der Waals surface area contributed by atoms with Crippen molar-refractivity contribution in [3.8, 4) is 0 Å². The van der Waals surface area contributed by atoms with Crippen molar-refractivity contribution in [2.24, 2.45) is 11.1 Å². The van der Waals surface area contributed by atoms with Crippen LogP contribution in [0.25, 0.3) is 0 Å². The molecule has 0 saturated carbocycles. The second-order valence-electron chi connectivity index (χ2n) is 7.60. The molecule has 1 heterocycles. The molecule has 7 heteroatoms. The maximum absolute atomic E-state index is 12.8. The molecule has 0 saturated heterocycles. The van der Waals surface area contributed by atoms with Crippen molar-refractivity contribution in [3.05, 3.63) is 68.7 Å². The van der Waals surface area contributed by atoms with E-state index in [9.17, 15) is 4.79 Å². The molecule has 0 spiro atoms. The molecule has 0 fully saturated rings. The van der Waals surface area contributed by atoms with Gasteiger partial charge in [-0.2, -0.15) is 0 Å². The molecular weight excluding hydrogens is 431 g/mol. The fourth-order valence-electron chi connectivity index (χ4n) is 3.21. The lowest BCUT2D eigenvalue weighted by atomic mass is 10.0. The van der Waals surface area contributed by atoms with Gasteiger partial charge in [0.15, 0.2) is 6.10 Å². The molecule has 1 aliphatic heterocycles. The summed E-state index contributed by atoms with van der Waals surface area (Å²) in [7, 11) is 0. The molecule has 2 aromatic rings. The highest BCUT2D eigenvalue weighted by Crippen LogP contribution is 2.26. The topological polar surface area (TPSA) is 41.9 Å². The molecule has 2 aromatic carbocycles. The maximum atomic E-state index is 12.8. The van der Waals surface area contributed by atoms with Crippen LogP contribution in [0.1, 0.15) is 37.8 Å². The molecule has 1 amide bonds. The monoisotopic (exact) mass is 452 g/mol. The summed E-state index contributed by atoms with van der Waals surface area (Å²) in [6.07, 6.45) is 0.863. The SMILES string of the molecule is CC(C)CC(=O)N(Cc1cccc(Cl)c1)CC1CC(c2ccc(Cl)c(Cl)c2)=NO1. The van der Waals surface area contributed by atoms with Crippen LogP contribution < -0.4 is 0 Å². The third-order valence-corrected chi connectivity index (χ3v) is 5.58. The Kier molecular flexibility index (Phi) is 7.44. The molecule has 0 N–H and O–H groups in total. The van der Waals surface area contributed by atoms with Gasteiger partial charge in [0.1, 0.15) is 0 Å². The number of oxime groups is 1. The van der Waals surface area contributed by atoms with Gasteiger partial charge in [0, 0.05) is 30.0 Å². The van der Waals surface area contributed by atoms with Crippen molar-refractivity contribution in [1.29, 1.82) is 0 Å². The van der Waals surface area contributed by atoms with E-state index in [1.165, 1.54) is 0 Å². The molecule has 0 radical (unpaired) electrons. The highest BCUT2D eigenvalue weighted by atomic mass is 35.5. The van der Waals surface area contributed by atoms with E-state index in [2.05, 4.69) is 5.16 Å². The molecule has 29 heavy (non-hydrogen) atoms. The number of benzene rings is 2. The standard InChI is InChI=1S/C22H23Cl3N2O2/c1-14(2)8-22(28)27(12-15-4-3-5-17(23)9-15)13-18-11-21(26-29-18)16-6-7-19(24)20(25)10-16/h3-7,9-10,14,18H,8,11-13H2,1-2H3. The molecule has 1 unspecified atom stereocenters. The summed E-state index contributed by atoms with van der Waals surface area (Å²) in [4.78, 5) is 20.3. The summed E-state index contributed by atoms with van der Waals surface area (Å²) in [6, 6.07) is 12.9. The van der Waals surface area contributed by atoms with E-state index in [1.54, 1.807) is 12.1 Å². The number of amides is 1. The molecular formula is C22H23Cl3N2O2. The van der Waals surface area contributed by atoms with Gasteiger partial charge < -0.3 is 9.74 Å². The first-order valence-corrected chi connectivity index (χ1v) is 10.7. The van der Waals surface area contributed by atoms with Crippen LogP contribution in [-0.4, -0.2) is 29.2 Å². The Morgan fingerprint density at radius 2 is 1.97 bits per heavy atom. The van der Waals surface area contributed by atoms with Gasteiger partial charge in [-0.1, -0.05) is 72.0 Å². The van der Waals surface area contributed by atoms with Crippen molar-refractivity contribution >= 4 is 46.4 Å². The molecule has 4 nitrogen and oxygen atoms in total. The Balaban J connectivity index is 1.69. The molecule has 0 bridgehead atoms. The minimum Gasteiger partial charge on any atom is -0.390 e. The van der Waals surface area contributed by atoms with Gasteiger partial charge in [0.2, 0.25) is 5.91 Å². The Morgan fingerprint density at radius 1 is 1.17 bits per heavy atom. The minimum absolute atomic E-state index is 0.0894. The highest BCUT2D eigenvalue weighted by Gasteiger charge is 2.27. The summed E-state index contributed by atoms with van der Waals surface area (Å²) < 4.78 is 0. The Morgan fingerprint density at radius 3 is 2.66 bits per heavy atom. The van der Waals surface area contributed by atoms with Crippen molar-refractivity contribution in [2.75, 3.05) is 6.54 Å². The quantitative estimate of drug-likeness (QED) is 0.500. The van der Waals surface area contributed by atoms with E-state index in [-0.39, 0.29) is 17.9 Å². The summed E-state index contributed by atoms with van der Waals surface area (Å²) in [5, 5.41) is 5.84. The van der Waals surface area contributed by atoms with Gasteiger partial charge in [-0.25, -0.2) is 0 Å². The first kappa shape index (κ1) is 21.9. The summed E-state index contributed by atoms with van der Waals surface area (Å²) in [6.45, 7) is 5.00. The van der Waals surface area contributed by atoms with Gasteiger partial charge in [-0.05, 0) is 35.7 Å². The lowest BCUT2D eigenvalue weighted by Gasteiger charge is -2.26. The van der Waals surface area contributed by atoms with E-state index < -0.39 is 0 Å². The second-order valence-corrected chi connectivity index (χ2v) is 8.85. The van der Waals surface area contributed by atoms with Crippen LogP contribution in [0.2, 0.25) is 15.1 Å². The Bertz CT molecular complexity index is 915. The van der Waals surface area contributed by atoms with Crippen molar-refractivity contribution in [3.63, 3.8) is 0 Å². The Labute approximate surface area is 186 Å². The van der Waals surface area contributed by atoms with Gasteiger partial charge in [0.25, 0.3) is 0 Å². The Hall–Kier alpha value is -1.75. The van der Waals surface area contributed by atoms with Crippen LogP contribution >= 0.6 is 34.8 Å². The largest absolute Gasteiger partial charge is 0.390 e. The average molecular weight is 454 g/mol. The predicted octanol–water partition coefficient (Wildman–Crippen LogP) is 6.21. The molecule has 154 valence electrons.